The van der Waals surface area contributed by atoms with Crippen molar-refractivity contribution in [1.29, 1.82) is 0 Å². The van der Waals surface area contributed by atoms with Crippen molar-refractivity contribution in [3.05, 3.63) is 0 Å². The van der Waals surface area contributed by atoms with Crippen LogP contribution < -0.4 is 0 Å². The highest BCUT2D eigenvalue weighted by Crippen LogP contribution is 2.17. The highest BCUT2D eigenvalue weighted by atomic mass is 28.4. The first-order chi connectivity index (χ1) is 4.08. The molecule has 0 bridgehead atoms. The third kappa shape index (κ3) is 2.47. The van der Waals surface area contributed by atoms with Gasteiger partial charge in [-0.15, -0.1) is 0 Å². The lowest BCUT2D eigenvalue weighted by Gasteiger charge is -2.32. The molecule has 54 valence electrons. The zero-order valence-electron chi connectivity index (χ0n) is 6.31. The van der Waals surface area contributed by atoms with E-state index in [1.807, 2.05) is 0 Å². The van der Waals surface area contributed by atoms with Crippen LogP contribution in [0.3, 0.4) is 0 Å². The molecule has 1 atom stereocenters. The third-order valence-electron chi connectivity index (χ3n) is 1.14. The van der Waals surface area contributed by atoms with Gasteiger partial charge in [0.05, 0.1) is 6.61 Å². The monoisotopic (exact) mass is 146 g/mol. The first-order valence-electron chi connectivity index (χ1n) is 3.37. The Bertz CT molecular complexity index is 93.7. The summed E-state index contributed by atoms with van der Waals surface area (Å²) in [6.07, 6.45) is 1.22. The van der Waals surface area contributed by atoms with Crippen LogP contribution in [0.25, 0.3) is 0 Å². The number of rotatable bonds is 2. The maximum absolute atomic E-state index is 5.59. The van der Waals surface area contributed by atoms with Crippen LogP contribution in [0.4, 0.5) is 0 Å². The van der Waals surface area contributed by atoms with Crippen LogP contribution in [-0.4, -0.2) is 21.2 Å². The standard InChI is InChI=1S/C6H14O2Si/c1-9(2,3)8-6-4-5-7-6/h6H,4-5H2,1-3H3. The van der Waals surface area contributed by atoms with E-state index in [9.17, 15) is 0 Å². The molecule has 3 heteroatoms. The fraction of sp³-hybridized carbons (Fsp3) is 1.00. The lowest BCUT2D eigenvalue weighted by Crippen LogP contribution is -2.39. The van der Waals surface area contributed by atoms with Gasteiger partial charge >= 0.3 is 0 Å². The molecule has 0 aliphatic carbocycles. The van der Waals surface area contributed by atoms with Gasteiger partial charge in [-0.25, -0.2) is 0 Å². The molecular formula is C6H14O2Si. The van der Waals surface area contributed by atoms with E-state index in [4.69, 9.17) is 9.16 Å². The molecule has 0 radical (unpaired) electrons. The molecule has 0 spiro atoms. The molecule has 0 aromatic heterocycles. The van der Waals surface area contributed by atoms with E-state index < -0.39 is 8.32 Å². The Balaban J connectivity index is 2.16. The first kappa shape index (κ1) is 7.25. The van der Waals surface area contributed by atoms with Crippen molar-refractivity contribution in [1.82, 2.24) is 0 Å². The third-order valence-corrected chi connectivity index (χ3v) is 2.11. The summed E-state index contributed by atoms with van der Waals surface area (Å²) in [5.41, 5.74) is 0. The van der Waals surface area contributed by atoms with Crippen LogP contribution in [0.15, 0.2) is 0 Å². The minimum atomic E-state index is -1.32. The van der Waals surface area contributed by atoms with Gasteiger partial charge in [0.1, 0.15) is 6.29 Å². The molecule has 1 aliphatic rings. The maximum Gasteiger partial charge on any atom is 0.187 e. The summed E-state index contributed by atoms with van der Waals surface area (Å²) in [5, 5.41) is 0. The van der Waals surface area contributed by atoms with Crippen molar-refractivity contribution < 1.29 is 9.16 Å². The van der Waals surface area contributed by atoms with Gasteiger partial charge in [0.25, 0.3) is 0 Å². The van der Waals surface area contributed by atoms with E-state index in [1.54, 1.807) is 0 Å². The molecular weight excluding hydrogens is 132 g/mol. The van der Waals surface area contributed by atoms with E-state index in [-0.39, 0.29) is 6.29 Å². The molecule has 1 fully saturated rings. The van der Waals surface area contributed by atoms with Crippen molar-refractivity contribution in [2.75, 3.05) is 6.61 Å². The Morgan fingerprint density at radius 1 is 1.44 bits per heavy atom. The van der Waals surface area contributed by atoms with Gasteiger partial charge in [0, 0.05) is 6.42 Å². The molecule has 0 aromatic rings. The average Bonchev–Trinajstić information content (AvgIpc) is 1.53. The van der Waals surface area contributed by atoms with Crippen molar-refractivity contribution in [3.63, 3.8) is 0 Å². The summed E-state index contributed by atoms with van der Waals surface area (Å²) in [6, 6.07) is 0. The molecule has 9 heavy (non-hydrogen) atoms. The van der Waals surface area contributed by atoms with E-state index in [2.05, 4.69) is 19.6 Å². The van der Waals surface area contributed by atoms with Gasteiger partial charge in [0.15, 0.2) is 8.32 Å². The zero-order chi connectivity index (χ0) is 6.91. The molecule has 1 aliphatic heterocycles. The molecule has 0 amide bonds. The number of hydrogen-bond donors (Lipinski definition) is 0. The van der Waals surface area contributed by atoms with Crippen LogP contribution in [0.1, 0.15) is 6.42 Å². The SMILES string of the molecule is C[Si](C)(C)OC1CCO1. The molecule has 0 aromatic carbocycles. The summed E-state index contributed by atoms with van der Waals surface area (Å²) in [4.78, 5) is 0. The fourth-order valence-corrected chi connectivity index (χ4v) is 1.68. The highest BCUT2D eigenvalue weighted by Gasteiger charge is 2.25. The molecule has 1 rings (SSSR count). The van der Waals surface area contributed by atoms with E-state index in [1.165, 1.54) is 0 Å². The summed E-state index contributed by atoms with van der Waals surface area (Å²) in [7, 11) is -1.32. The number of ether oxygens (including phenoxy) is 1. The van der Waals surface area contributed by atoms with E-state index >= 15 is 0 Å². The summed E-state index contributed by atoms with van der Waals surface area (Å²) < 4.78 is 10.7. The van der Waals surface area contributed by atoms with Gasteiger partial charge in [-0.2, -0.15) is 0 Å². The van der Waals surface area contributed by atoms with Gasteiger partial charge in [-0.05, 0) is 19.6 Å². The predicted octanol–water partition coefficient (Wildman–Crippen LogP) is 1.58. The lowest BCUT2D eigenvalue weighted by atomic mass is 10.4. The summed E-state index contributed by atoms with van der Waals surface area (Å²) in [5.74, 6) is 0. The molecule has 0 saturated carbocycles. The van der Waals surface area contributed by atoms with Crippen molar-refractivity contribution in [3.8, 4) is 0 Å². The van der Waals surface area contributed by atoms with Crippen LogP contribution in [0, 0.1) is 0 Å². The minimum absolute atomic E-state index is 0.136. The minimum Gasteiger partial charge on any atom is -0.393 e. The van der Waals surface area contributed by atoms with E-state index in [0.29, 0.717) is 0 Å². The normalized spacial score (nSPS) is 27.7. The van der Waals surface area contributed by atoms with Gasteiger partial charge in [-0.3, -0.25) is 0 Å². The predicted molar refractivity (Wildman–Crippen MR) is 38.8 cm³/mol. The van der Waals surface area contributed by atoms with Crippen LogP contribution in [0.5, 0.6) is 0 Å². The Hall–Kier alpha value is 0.137. The number of hydrogen-bond acceptors (Lipinski definition) is 2. The summed E-state index contributed by atoms with van der Waals surface area (Å²) in [6.45, 7) is 7.41. The van der Waals surface area contributed by atoms with Crippen molar-refractivity contribution >= 4 is 8.32 Å². The second-order valence-corrected chi connectivity index (χ2v) is 7.78. The highest BCUT2D eigenvalue weighted by molar-refractivity contribution is 6.69. The Morgan fingerprint density at radius 2 is 2.00 bits per heavy atom. The average molecular weight is 146 g/mol. The molecule has 1 unspecified atom stereocenters. The van der Waals surface area contributed by atoms with Gasteiger partial charge in [0.2, 0.25) is 0 Å². The maximum atomic E-state index is 5.59. The Morgan fingerprint density at radius 3 is 2.11 bits per heavy atom. The first-order valence-corrected chi connectivity index (χ1v) is 6.78. The molecule has 2 nitrogen and oxygen atoms in total. The second kappa shape index (κ2) is 2.40. The van der Waals surface area contributed by atoms with Crippen LogP contribution in [-0.2, 0) is 9.16 Å². The Labute approximate surface area is 57.3 Å². The van der Waals surface area contributed by atoms with E-state index in [0.717, 1.165) is 13.0 Å². The quantitative estimate of drug-likeness (QED) is 0.551. The van der Waals surface area contributed by atoms with Crippen LogP contribution >= 0.6 is 0 Å². The topological polar surface area (TPSA) is 18.5 Å². The van der Waals surface area contributed by atoms with Crippen LogP contribution in [0.2, 0.25) is 19.6 Å². The molecule has 1 saturated heterocycles. The lowest BCUT2D eigenvalue weighted by molar-refractivity contribution is -0.170. The smallest absolute Gasteiger partial charge is 0.187 e. The summed E-state index contributed by atoms with van der Waals surface area (Å²) >= 11 is 0. The molecule has 1 heterocycles. The van der Waals surface area contributed by atoms with Crippen molar-refractivity contribution in [2.45, 2.75) is 32.4 Å². The second-order valence-electron chi connectivity index (χ2n) is 3.32. The molecule has 0 N–H and O–H groups in total. The van der Waals surface area contributed by atoms with Gasteiger partial charge in [-0.1, -0.05) is 0 Å². The fourth-order valence-electron chi connectivity index (χ4n) is 0.701. The van der Waals surface area contributed by atoms with Gasteiger partial charge < -0.3 is 9.16 Å². The largest absolute Gasteiger partial charge is 0.393 e. The van der Waals surface area contributed by atoms with Crippen molar-refractivity contribution in [2.24, 2.45) is 0 Å². The zero-order valence-corrected chi connectivity index (χ0v) is 7.31. The Kier molecular flexibility index (Phi) is 1.93.